The molecule has 0 aliphatic carbocycles. The third-order valence-electron chi connectivity index (χ3n) is 4.95. The molecule has 33 heavy (non-hydrogen) atoms. The van der Waals surface area contributed by atoms with Crippen LogP contribution in [0.3, 0.4) is 0 Å². The van der Waals surface area contributed by atoms with Gasteiger partial charge in [0.1, 0.15) is 5.75 Å². The average molecular weight is 444 g/mol. The van der Waals surface area contributed by atoms with E-state index >= 15 is 0 Å². The second kappa shape index (κ2) is 9.23. The van der Waals surface area contributed by atoms with E-state index in [-0.39, 0.29) is 17.2 Å². The van der Waals surface area contributed by atoms with Crippen LogP contribution in [0, 0.1) is 10.1 Å². The molecule has 0 saturated heterocycles. The number of amides is 2. The summed E-state index contributed by atoms with van der Waals surface area (Å²) in [6, 6.07) is 17.8. The van der Waals surface area contributed by atoms with Crippen LogP contribution in [0.25, 0.3) is 10.9 Å². The number of aromatic nitrogens is 1. The number of nitro groups is 1. The SMILES string of the molecule is CCOc1ccc(NC(=O)c2ccc(NC(=O)c3c[nH]c4ccc([N+](=O)[O-])cc34)cc2)cc1. The minimum absolute atomic E-state index is 0.0981. The van der Waals surface area contributed by atoms with Crippen LogP contribution in [0.15, 0.2) is 72.9 Å². The monoisotopic (exact) mass is 444 g/mol. The lowest BCUT2D eigenvalue weighted by atomic mass is 10.1. The van der Waals surface area contributed by atoms with Gasteiger partial charge in [-0.3, -0.25) is 19.7 Å². The Balaban J connectivity index is 1.43. The molecule has 0 saturated carbocycles. The number of nitro benzene ring substituents is 1. The maximum absolute atomic E-state index is 12.7. The summed E-state index contributed by atoms with van der Waals surface area (Å²) >= 11 is 0. The van der Waals surface area contributed by atoms with Crippen LogP contribution in [-0.2, 0) is 0 Å². The molecule has 0 aliphatic rings. The molecule has 9 nitrogen and oxygen atoms in total. The van der Waals surface area contributed by atoms with Crippen molar-refractivity contribution in [3.63, 3.8) is 0 Å². The molecule has 0 radical (unpaired) electrons. The van der Waals surface area contributed by atoms with Gasteiger partial charge in [0.15, 0.2) is 0 Å². The van der Waals surface area contributed by atoms with Crippen molar-refractivity contribution >= 4 is 39.8 Å². The Morgan fingerprint density at radius 1 is 0.939 bits per heavy atom. The zero-order chi connectivity index (χ0) is 23.4. The molecule has 0 atom stereocenters. The predicted molar refractivity (Wildman–Crippen MR) is 125 cm³/mol. The number of fused-ring (bicyclic) bond motifs is 1. The van der Waals surface area contributed by atoms with Crippen molar-refractivity contribution in [2.75, 3.05) is 17.2 Å². The number of benzene rings is 3. The Kier molecular flexibility index (Phi) is 6.03. The number of rotatable bonds is 7. The summed E-state index contributed by atoms with van der Waals surface area (Å²) in [7, 11) is 0. The standard InChI is InChI=1S/C24H20N4O5/c1-2-33-19-10-7-17(8-11-19)26-23(29)15-3-5-16(6-4-15)27-24(30)21-14-25-22-12-9-18(28(31)32)13-20(21)22/h3-14,25H,2H2,1H3,(H,26,29)(H,27,30). The van der Waals surface area contributed by atoms with Crippen molar-refractivity contribution in [3.05, 3.63) is 94.2 Å². The summed E-state index contributed by atoms with van der Waals surface area (Å²) in [4.78, 5) is 38.7. The summed E-state index contributed by atoms with van der Waals surface area (Å²) < 4.78 is 5.38. The number of carbonyl (C=O) groups excluding carboxylic acids is 2. The number of nitrogens with zero attached hydrogens (tertiary/aromatic N) is 1. The molecule has 1 heterocycles. The summed E-state index contributed by atoms with van der Waals surface area (Å²) in [5, 5.41) is 17.0. The highest BCUT2D eigenvalue weighted by Crippen LogP contribution is 2.25. The quantitative estimate of drug-likeness (QED) is 0.274. The number of aromatic amines is 1. The van der Waals surface area contributed by atoms with Gasteiger partial charge in [-0.15, -0.1) is 0 Å². The Hall–Kier alpha value is -4.66. The van der Waals surface area contributed by atoms with Crippen LogP contribution >= 0.6 is 0 Å². The van der Waals surface area contributed by atoms with Gasteiger partial charge in [-0.1, -0.05) is 0 Å². The molecule has 4 rings (SSSR count). The highest BCUT2D eigenvalue weighted by Gasteiger charge is 2.16. The zero-order valence-corrected chi connectivity index (χ0v) is 17.6. The van der Waals surface area contributed by atoms with Crippen molar-refractivity contribution in [2.45, 2.75) is 6.92 Å². The lowest BCUT2D eigenvalue weighted by Crippen LogP contribution is -2.13. The van der Waals surface area contributed by atoms with Crippen LogP contribution < -0.4 is 15.4 Å². The minimum atomic E-state index is -0.509. The fourth-order valence-corrected chi connectivity index (χ4v) is 3.32. The summed E-state index contributed by atoms with van der Waals surface area (Å²) in [5.41, 5.74) is 2.34. The van der Waals surface area contributed by atoms with Gasteiger partial charge in [0.25, 0.3) is 17.5 Å². The van der Waals surface area contributed by atoms with Gasteiger partial charge in [-0.25, -0.2) is 0 Å². The topological polar surface area (TPSA) is 126 Å². The zero-order valence-electron chi connectivity index (χ0n) is 17.6. The van der Waals surface area contributed by atoms with Gasteiger partial charge in [0, 0.05) is 46.2 Å². The highest BCUT2D eigenvalue weighted by molar-refractivity contribution is 6.13. The van der Waals surface area contributed by atoms with E-state index in [1.165, 1.54) is 18.3 Å². The lowest BCUT2D eigenvalue weighted by molar-refractivity contribution is -0.384. The Morgan fingerprint density at radius 3 is 2.21 bits per heavy atom. The van der Waals surface area contributed by atoms with E-state index in [4.69, 9.17) is 4.74 Å². The van der Waals surface area contributed by atoms with Crippen LogP contribution in [-0.4, -0.2) is 28.3 Å². The first-order valence-corrected chi connectivity index (χ1v) is 10.2. The summed E-state index contributed by atoms with van der Waals surface area (Å²) in [6.07, 6.45) is 1.50. The first-order chi connectivity index (χ1) is 15.9. The van der Waals surface area contributed by atoms with E-state index in [1.807, 2.05) is 6.92 Å². The van der Waals surface area contributed by atoms with Crippen LogP contribution in [0.5, 0.6) is 5.75 Å². The number of anilines is 2. The molecule has 0 fully saturated rings. The fourth-order valence-electron chi connectivity index (χ4n) is 3.32. The third-order valence-corrected chi connectivity index (χ3v) is 4.95. The molecular weight excluding hydrogens is 424 g/mol. The van der Waals surface area contributed by atoms with Gasteiger partial charge in [0.05, 0.1) is 17.1 Å². The molecular formula is C24H20N4O5. The summed E-state index contributed by atoms with van der Waals surface area (Å²) in [6.45, 7) is 2.46. The van der Waals surface area contributed by atoms with E-state index in [0.717, 1.165) is 5.75 Å². The third kappa shape index (κ3) is 4.82. The van der Waals surface area contributed by atoms with Crippen molar-refractivity contribution < 1.29 is 19.2 Å². The van der Waals surface area contributed by atoms with Gasteiger partial charge < -0.3 is 20.4 Å². The molecule has 0 unspecified atom stereocenters. The number of nitrogens with one attached hydrogen (secondary N) is 3. The van der Waals surface area contributed by atoms with Crippen molar-refractivity contribution in [1.29, 1.82) is 0 Å². The predicted octanol–water partition coefficient (Wildman–Crippen LogP) is 4.98. The molecule has 1 aromatic heterocycles. The smallest absolute Gasteiger partial charge is 0.270 e. The van der Waals surface area contributed by atoms with Gasteiger partial charge in [0.2, 0.25) is 0 Å². The minimum Gasteiger partial charge on any atom is -0.494 e. The van der Waals surface area contributed by atoms with Crippen molar-refractivity contribution in [1.82, 2.24) is 4.98 Å². The fraction of sp³-hybridized carbons (Fsp3) is 0.0833. The Morgan fingerprint density at radius 2 is 1.58 bits per heavy atom. The van der Waals surface area contributed by atoms with E-state index < -0.39 is 10.8 Å². The first-order valence-electron chi connectivity index (χ1n) is 10.2. The number of ether oxygens (including phenoxy) is 1. The van der Waals surface area contributed by atoms with Gasteiger partial charge in [-0.2, -0.15) is 0 Å². The van der Waals surface area contributed by atoms with Crippen LogP contribution in [0.4, 0.5) is 17.1 Å². The van der Waals surface area contributed by atoms with E-state index in [1.54, 1.807) is 54.6 Å². The molecule has 3 N–H and O–H groups in total. The van der Waals surface area contributed by atoms with E-state index in [0.29, 0.717) is 34.4 Å². The van der Waals surface area contributed by atoms with Crippen LogP contribution in [0.1, 0.15) is 27.6 Å². The number of non-ortho nitro benzene ring substituents is 1. The molecule has 0 spiro atoms. The van der Waals surface area contributed by atoms with Gasteiger partial charge in [-0.05, 0) is 61.5 Å². The van der Waals surface area contributed by atoms with Gasteiger partial charge >= 0.3 is 0 Å². The Labute approximate surface area is 188 Å². The maximum Gasteiger partial charge on any atom is 0.270 e. The molecule has 4 aromatic rings. The Bertz CT molecular complexity index is 1330. The normalized spacial score (nSPS) is 10.6. The van der Waals surface area contributed by atoms with Crippen molar-refractivity contribution in [2.24, 2.45) is 0 Å². The second-order valence-electron chi connectivity index (χ2n) is 7.13. The number of hydrogen-bond acceptors (Lipinski definition) is 5. The first kappa shape index (κ1) is 21.6. The number of H-pyrrole nitrogens is 1. The molecule has 0 aliphatic heterocycles. The number of carbonyl (C=O) groups is 2. The molecule has 2 amide bonds. The van der Waals surface area contributed by atoms with E-state index in [9.17, 15) is 19.7 Å². The van der Waals surface area contributed by atoms with Crippen LogP contribution in [0.2, 0.25) is 0 Å². The maximum atomic E-state index is 12.7. The lowest BCUT2D eigenvalue weighted by Gasteiger charge is -2.08. The summed E-state index contributed by atoms with van der Waals surface area (Å²) in [5.74, 6) is 0.00899. The molecule has 0 bridgehead atoms. The average Bonchev–Trinajstić information content (AvgIpc) is 3.24. The largest absolute Gasteiger partial charge is 0.494 e. The highest BCUT2D eigenvalue weighted by atomic mass is 16.6. The molecule has 9 heteroatoms. The molecule has 166 valence electrons. The number of hydrogen-bond donors (Lipinski definition) is 3. The molecule has 3 aromatic carbocycles. The van der Waals surface area contributed by atoms with E-state index in [2.05, 4.69) is 15.6 Å². The van der Waals surface area contributed by atoms with Crippen molar-refractivity contribution in [3.8, 4) is 5.75 Å². The second-order valence-corrected chi connectivity index (χ2v) is 7.13.